The van der Waals surface area contributed by atoms with Gasteiger partial charge in [-0.05, 0) is 24.1 Å². The maximum Gasteiger partial charge on any atom is 0.239 e. The van der Waals surface area contributed by atoms with Crippen molar-refractivity contribution in [2.24, 2.45) is 5.92 Å². The summed E-state index contributed by atoms with van der Waals surface area (Å²) < 4.78 is 0. The van der Waals surface area contributed by atoms with Crippen molar-refractivity contribution < 1.29 is 9.59 Å². The Morgan fingerprint density at radius 2 is 2.16 bits per heavy atom. The maximum absolute atomic E-state index is 11.7. The van der Waals surface area contributed by atoms with Gasteiger partial charge in [0.05, 0.1) is 6.54 Å². The maximum atomic E-state index is 11.7. The molecule has 19 heavy (non-hydrogen) atoms. The van der Waals surface area contributed by atoms with Gasteiger partial charge in [-0.15, -0.1) is 0 Å². The Labute approximate surface area is 118 Å². The number of nitrogens with zero attached hydrogens (tertiary/aromatic N) is 1. The third kappa shape index (κ3) is 4.91. The molecule has 0 spiro atoms. The number of nitrogens with one attached hydrogen (secondary N) is 1. The number of anilines is 1. The van der Waals surface area contributed by atoms with Crippen molar-refractivity contribution in [1.82, 2.24) is 5.32 Å². The van der Waals surface area contributed by atoms with Gasteiger partial charge in [-0.25, -0.2) is 0 Å². The predicted molar refractivity (Wildman–Crippen MR) is 78.0 cm³/mol. The van der Waals surface area contributed by atoms with Gasteiger partial charge in [-0.1, -0.05) is 25.4 Å². The van der Waals surface area contributed by atoms with Gasteiger partial charge in [-0.2, -0.15) is 0 Å². The van der Waals surface area contributed by atoms with Crippen LogP contribution in [0.15, 0.2) is 18.2 Å². The molecule has 0 saturated heterocycles. The Morgan fingerprint density at radius 1 is 1.47 bits per heavy atom. The predicted octanol–water partition coefficient (Wildman–Crippen LogP) is 2.36. The lowest BCUT2D eigenvalue weighted by Crippen LogP contribution is -2.37. The number of benzene rings is 1. The fraction of sp³-hybridized carbons (Fsp3) is 0.429. The fourth-order valence-electron chi connectivity index (χ4n) is 1.62. The van der Waals surface area contributed by atoms with Crippen LogP contribution in [0.2, 0.25) is 5.02 Å². The van der Waals surface area contributed by atoms with Gasteiger partial charge in [0.15, 0.2) is 6.29 Å². The van der Waals surface area contributed by atoms with Crippen molar-refractivity contribution in [3.8, 4) is 0 Å². The van der Waals surface area contributed by atoms with E-state index in [9.17, 15) is 9.59 Å². The summed E-state index contributed by atoms with van der Waals surface area (Å²) >= 11 is 5.91. The molecule has 0 aliphatic rings. The van der Waals surface area contributed by atoms with Crippen molar-refractivity contribution in [1.29, 1.82) is 0 Å². The number of aldehydes is 1. The molecule has 1 rings (SSSR count). The summed E-state index contributed by atoms with van der Waals surface area (Å²) in [4.78, 5) is 24.4. The Kier molecular flexibility index (Phi) is 5.83. The minimum atomic E-state index is -0.0759. The number of amides is 1. The van der Waals surface area contributed by atoms with Gasteiger partial charge >= 0.3 is 0 Å². The highest BCUT2D eigenvalue weighted by atomic mass is 35.5. The summed E-state index contributed by atoms with van der Waals surface area (Å²) in [5, 5.41) is 3.37. The van der Waals surface area contributed by atoms with Gasteiger partial charge in [0, 0.05) is 29.9 Å². The summed E-state index contributed by atoms with van der Waals surface area (Å²) in [7, 11) is 1.76. The van der Waals surface area contributed by atoms with Crippen LogP contribution in [0.5, 0.6) is 0 Å². The normalized spacial score (nSPS) is 10.4. The quantitative estimate of drug-likeness (QED) is 0.815. The van der Waals surface area contributed by atoms with E-state index in [4.69, 9.17) is 11.6 Å². The number of halogens is 1. The second-order valence-corrected chi connectivity index (χ2v) is 5.31. The number of carbonyl (C=O) groups excluding carboxylic acids is 2. The van der Waals surface area contributed by atoms with Crippen molar-refractivity contribution in [2.75, 3.05) is 25.0 Å². The monoisotopic (exact) mass is 282 g/mol. The zero-order valence-electron chi connectivity index (χ0n) is 11.4. The van der Waals surface area contributed by atoms with E-state index >= 15 is 0 Å². The van der Waals surface area contributed by atoms with Crippen molar-refractivity contribution in [2.45, 2.75) is 13.8 Å². The van der Waals surface area contributed by atoms with Crippen molar-refractivity contribution >= 4 is 29.5 Å². The molecule has 5 heteroatoms. The minimum absolute atomic E-state index is 0.0759. The molecule has 0 unspecified atom stereocenters. The Bertz CT molecular complexity index is 461. The smallest absolute Gasteiger partial charge is 0.239 e. The highest BCUT2D eigenvalue weighted by molar-refractivity contribution is 6.31. The molecule has 0 heterocycles. The molecule has 0 atom stereocenters. The van der Waals surface area contributed by atoms with Crippen LogP contribution in [0.3, 0.4) is 0 Å². The third-order valence-electron chi connectivity index (χ3n) is 2.62. The molecule has 0 radical (unpaired) electrons. The van der Waals surface area contributed by atoms with Crippen molar-refractivity contribution in [3.63, 3.8) is 0 Å². The average Bonchev–Trinajstić information content (AvgIpc) is 2.36. The first-order valence-electron chi connectivity index (χ1n) is 6.16. The molecule has 0 aliphatic heterocycles. The molecule has 4 nitrogen and oxygen atoms in total. The lowest BCUT2D eigenvalue weighted by Gasteiger charge is -2.21. The molecule has 0 bridgehead atoms. The van der Waals surface area contributed by atoms with Gasteiger partial charge in [0.1, 0.15) is 0 Å². The van der Waals surface area contributed by atoms with Crippen LogP contribution in [0.1, 0.15) is 24.2 Å². The number of rotatable bonds is 6. The third-order valence-corrected chi connectivity index (χ3v) is 2.85. The summed E-state index contributed by atoms with van der Waals surface area (Å²) in [5.41, 5.74) is 1.17. The molecule has 104 valence electrons. The van der Waals surface area contributed by atoms with E-state index < -0.39 is 0 Å². The van der Waals surface area contributed by atoms with Crippen LogP contribution in [-0.4, -0.2) is 32.3 Å². The lowest BCUT2D eigenvalue weighted by molar-refractivity contribution is -0.119. The molecular formula is C14H19ClN2O2. The zero-order chi connectivity index (χ0) is 14.4. The molecule has 0 saturated carbocycles. The summed E-state index contributed by atoms with van der Waals surface area (Å²) in [5.74, 6) is 0.332. The van der Waals surface area contributed by atoms with Gasteiger partial charge in [0.2, 0.25) is 5.91 Å². The van der Waals surface area contributed by atoms with E-state index in [2.05, 4.69) is 5.32 Å². The van der Waals surface area contributed by atoms with Crippen LogP contribution in [0, 0.1) is 5.92 Å². The van der Waals surface area contributed by atoms with Crippen LogP contribution >= 0.6 is 11.6 Å². The van der Waals surface area contributed by atoms with Crippen molar-refractivity contribution in [3.05, 3.63) is 28.8 Å². The van der Waals surface area contributed by atoms with E-state index in [0.29, 0.717) is 28.7 Å². The molecule has 0 fully saturated rings. The first-order valence-corrected chi connectivity index (χ1v) is 6.54. The van der Waals surface area contributed by atoms with Gasteiger partial charge in [-0.3, -0.25) is 9.59 Å². The molecule has 1 aromatic carbocycles. The highest BCUT2D eigenvalue weighted by Crippen LogP contribution is 2.22. The Morgan fingerprint density at radius 3 is 2.74 bits per heavy atom. The number of likely N-dealkylation sites (N-methyl/N-ethyl adjacent to an activating group) is 1. The molecule has 0 aromatic heterocycles. The lowest BCUT2D eigenvalue weighted by atomic mass is 10.2. The first-order chi connectivity index (χ1) is 8.93. The highest BCUT2D eigenvalue weighted by Gasteiger charge is 2.11. The number of carbonyl (C=O) groups is 2. The van der Waals surface area contributed by atoms with E-state index in [1.807, 2.05) is 13.8 Å². The molecular weight excluding hydrogens is 264 g/mol. The first kappa shape index (κ1) is 15.5. The summed E-state index contributed by atoms with van der Waals surface area (Å²) in [6.07, 6.45) is 0.758. The summed E-state index contributed by atoms with van der Waals surface area (Å²) in [6.45, 7) is 4.90. The molecule has 1 aromatic rings. The second-order valence-electron chi connectivity index (χ2n) is 4.87. The Balaban J connectivity index is 2.72. The fourth-order valence-corrected chi connectivity index (χ4v) is 1.79. The van der Waals surface area contributed by atoms with E-state index in [1.54, 1.807) is 30.1 Å². The second kappa shape index (κ2) is 7.14. The van der Waals surface area contributed by atoms with Crippen LogP contribution in [0.4, 0.5) is 5.69 Å². The van der Waals surface area contributed by atoms with Gasteiger partial charge in [0.25, 0.3) is 0 Å². The van der Waals surface area contributed by atoms with Crippen LogP contribution in [-0.2, 0) is 4.79 Å². The Hall–Kier alpha value is -1.55. The molecule has 0 aliphatic carbocycles. The van der Waals surface area contributed by atoms with Crippen LogP contribution < -0.4 is 10.2 Å². The number of hydrogen-bond donors (Lipinski definition) is 1. The average molecular weight is 283 g/mol. The SMILES string of the molecule is CC(C)CNC(=O)CN(C)c1cc(Cl)ccc1C=O. The minimum Gasteiger partial charge on any atom is -0.365 e. The number of hydrogen-bond acceptors (Lipinski definition) is 3. The van der Waals surface area contributed by atoms with E-state index in [1.165, 1.54) is 0 Å². The van der Waals surface area contributed by atoms with Gasteiger partial charge < -0.3 is 10.2 Å². The standard InChI is InChI=1S/C14H19ClN2O2/c1-10(2)7-16-14(19)8-17(3)13-6-12(15)5-4-11(13)9-18/h4-6,9-10H,7-8H2,1-3H3,(H,16,19). The largest absolute Gasteiger partial charge is 0.365 e. The zero-order valence-corrected chi connectivity index (χ0v) is 12.2. The van der Waals surface area contributed by atoms with Crippen LogP contribution in [0.25, 0.3) is 0 Å². The topological polar surface area (TPSA) is 49.4 Å². The molecule has 1 N–H and O–H groups in total. The molecule has 1 amide bonds. The van der Waals surface area contributed by atoms with E-state index in [0.717, 1.165) is 6.29 Å². The summed E-state index contributed by atoms with van der Waals surface area (Å²) in [6, 6.07) is 4.98. The van der Waals surface area contributed by atoms with E-state index in [-0.39, 0.29) is 12.5 Å².